The average molecular weight is 325 g/mol. The van der Waals surface area contributed by atoms with Crippen LogP contribution < -0.4 is 10.4 Å². The predicted octanol–water partition coefficient (Wildman–Crippen LogP) is 4.51. The monoisotopic (exact) mass is 324 g/mol. The van der Waals surface area contributed by atoms with Crippen LogP contribution >= 0.6 is 0 Å². The van der Waals surface area contributed by atoms with E-state index in [4.69, 9.17) is 4.43 Å². The van der Waals surface area contributed by atoms with E-state index in [0.717, 1.165) is 6.04 Å². The Labute approximate surface area is 141 Å². The molecule has 0 aromatic heterocycles. The summed E-state index contributed by atoms with van der Waals surface area (Å²) in [6, 6.07) is 23.2. The highest BCUT2D eigenvalue weighted by Crippen LogP contribution is 2.26. The minimum absolute atomic E-state index is 0.447. The molecule has 2 aromatic rings. The summed E-state index contributed by atoms with van der Waals surface area (Å²) in [6.45, 7) is 2.29. The molecule has 1 saturated carbocycles. The second-order valence-electron chi connectivity index (χ2n) is 6.69. The van der Waals surface area contributed by atoms with Gasteiger partial charge in [0.2, 0.25) is 0 Å². The van der Waals surface area contributed by atoms with Gasteiger partial charge < -0.3 is 4.43 Å². The topological polar surface area (TPSA) is 9.23 Å². The second-order valence-corrected chi connectivity index (χ2v) is 10.2. The summed E-state index contributed by atoms with van der Waals surface area (Å²) < 4.78 is 7.03. The van der Waals surface area contributed by atoms with Crippen molar-refractivity contribution in [2.75, 3.05) is 0 Å². The molecule has 0 radical (unpaired) electrons. The van der Waals surface area contributed by atoms with Gasteiger partial charge in [0.05, 0.1) is 0 Å². The molecule has 0 heterocycles. The molecule has 0 unspecified atom stereocenters. The molecule has 2 heteroatoms. The van der Waals surface area contributed by atoms with Crippen LogP contribution in [0.25, 0.3) is 0 Å². The van der Waals surface area contributed by atoms with Gasteiger partial charge in [0, 0.05) is 6.10 Å². The molecular formula is C21H28OSi. The third-order valence-corrected chi connectivity index (χ3v) is 9.47. The molecule has 0 saturated heterocycles. The highest BCUT2D eigenvalue weighted by Gasteiger charge is 2.40. The van der Waals surface area contributed by atoms with Crippen molar-refractivity contribution in [3.8, 4) is 0 Å². The first-order valence-electron chi connectivity index (χ1n) is 9.14. The van der Waals surface area contributed by atoms with E-state index in [-0.39, 0.29) is 0 Å². The fourth-order valence-corrected chi connectivity index (χ4v) is 8.16. The lowest BCUT2D eigenvalue weighted by Crippen LogP contribution is -2.62. The summed E-state index contributed by atoms with van der Waals surface area (Å²) in [5.41, 5.74) is 0. The first-order valence-corrected chi connectivity index (χ1v) is 11.3. The van der Waals surface area contributed by atoms with Crippen molar-refractivity contribution >= 4 is 18.7 Å². The minimum atomic E-state index is -2.14. The zero-order valence-electron chi connectivity index (χ0n) is 14.2. The highest BCUT2D eigenvalue weighted by molar-refractivity contribution is 6.97. The van der Waals surface area contributed by atoms with Crippen LogP contribution in [0.5, 0.6) is 0 Å². The molecule has 0 amide bonds. The first-order chi connectivity index (χ1) is 11.3. The lowest BCUT2D eigenvalue weighted by atomic mass is 9.98. The Kier molecular flexibility index (Phi) is 5.68. The van der Waals surface area contributed by atoms with Crippen LogP contribution in [0.15, 0.2) is 60.7 Å². The molecule has 0 aliphatic heterocycles. The Hall–Kier alpha value is -1.38. The lowest BCUT2D eigenvalue weighted by molar-refractivity contribution is 0.150. The van der Waals surface area contributed by atoms with Crippen LogP contribution in [0.1, 0.15) is 45.4 Å². The quantitative estimate of drug-likeness (QED) is 0.711. The Morgan fingerprint density at radius 3 is 1.83 bits per heavy atom. The van der Waals surface area contributed by atoms with Gasteiger partial charge in [-0.2, -0.15) is 0 Å². The van der Waals surface area contributed by atoms with Crippen molar-refractivity contribution < 1.29 is 4.43 Å². The van der Waals surface area contributed by atoms with Crippen molar-refractivity contribution in [3.05, 3.63) is 60.7 Å². The van der Waals surface area contributed by atoms with Crippen LogP contribution in [0.3, 0.4) is 0 Å². The lowest BCUT2D eigenvalue weighted by Gasteiger charge is -2.37. The van der Waals surface area contributed by atoms with E-state index in [0.29, 0.717) is 6.10 Å². The van der Waals surface area contributed by atoms with Crippen molar-refractivity contribution in [1.29, 1.82) is 0 Å². The number of benzene rings is 2. The van der Waals surface area contributed by atoms with E-state index in [9.17, 15) is 0 Å². The molecule has 23 heavy (non-hydrogen) atoms. The largest absolute Gasteiger partial charge is 0.405 e. The Bertz CT molecular complexity index is 536. The van der Waals surface area contributed by atoms with E-state index in [1.54, 1.807) is 0 Å². The van der Waals surface area contributed by atoms with E-state index in [1.165, 1.54) is 48.9 Å². The Morgan fingerprint density at radius 1 is 0.826 bits per heavy atom. The maximum absolute atomic E-state index is 7.03. The fourth-order valence-electron chi connectivity index (χ4n) is 3.88. The summed E-state index contributed by atoms with van der Waals surface area (Å²) in [6.07, 6.45) is 8.11. The molecule has 1 aliphatic carbocycles. The Balaban J connectivity index is 2.02. The summed E-state index contributed by atoms with van der Waals surface area (Å²) >= 11 is 0. The van der Waals surface area contributed by atoms with Crippen LogP contribution in [0, 0.1) is 0 Å². The van der Waals surface area contributed by atoms with Gasteiger partial charge >= 0.3 is 0 Å². The average Bonchev–Trinajstić information content (AvgIpc) is 2.64. The predicted molar refractivity (Wildman–Crippen MR) is 101 cm³/mol. The molecule has 0 atom stereocenters. The van der Waals surface area contributed by atoms with Crippen LogP contribution in [-0.2, 0) is 4.43 Å². The minimum Gasteiger partial charge on any atom is -0.405 e. The molecule has 0 spiro atoms. The molecule has 1 nitrogen and oxygen atoms in total. The summed E-state index contributed by atoms with van der Waals surface area (Å²) in [5, 5.41) is 2.86. The fraction of sp³-hybridized carbons (Fsp3) is 0.429. The van der Waals surface area contributed by atoms with Crippen molar-refractivity contribution in [2.24, 2.45) is 0 Å². The smallest absolute Gasteiger partial charge is 0.256 e. The molecule has 2 aromatic carbocycles. The van der Waals surface area contributed by atoms with Crippen molar-refractivity contribution in [3.63, 3.8) is 0 Å². The summed E-state index contributed by atoms with van der Waals surface area (Å²) in [4.78, 5) is 0. The third kappa shape index (κ3) is 3.76. The van der Waals surface area contributed by atoms with Gasteiger partial charge in [-0.25, -0.2) is 0 Å². The normalized spacial score (nSPS) is 16.4. The second kappa shape index (κ2) is 7.94. The number of rotatable bonds is 6. The first kappa shape index (κ1) is 16.5. The van der Waals surface area contributed by atoms with Crippen molar-refractivity contribution in [1.82, 2.24) is 0 Å². The molecular weight excluding hydrogens is 296 g/mol. The summed E-state index contributed by atoms with van der Waals surface area (Å²) in [5.74, 6) is 0. The third-order valence-electron chi connectivity index (χ3n) is 5.00. The van der Waals surface area contributed by atoms with Gasteiger partial charge in [0.15, 0.2) is 0 Å². The van der Waals surface area contributed by atoms with E-state index in [1.807, 2.05) is 0 Å². The van der Waals surface area contributed by atoms with Gasteiger partial charge in [-0.05, 0) is 29.3 Å². The van der Waals surface area contributed by atoms with Gasteiger partial charge in [-0.15, -0.1) is 0 Å². The number of hydrogen-bond donors (Lipinski definition) is 0. The maximum Gasteiger partial charge on any atom is 0.256 e. The van der Waals surface area contributed by atoms with Crippen LogP contribution in [0.2, 0.25) is 6.04 Å². The van der Waals surface area contributed by atoms with Crippen LogP contribution in [-0.4, -0.2) is 14.4 Å². The van der Waals surface area contributed by atoms with Gasteiger partial charge in [0.25, 0.3) is 8.32 Å². The highest BCUT2D eigenvalue weighted by atomic mass is 28.4. The molecule has 0 N–H and O–H groups in total. The SMILES string of the molecule is CCC[Si](OC1CCCCC1)(c1ccccc1)c1ccccc1. The Morgan fingerprint density at radius 2 is 1.35 bits per heavy atom. The van der Waals surface area contributed by atoms with Gasteiger partial charge in [0.1, 0.15) is 0 Å². The maximum atomic E-state index is 7.03. The van der Waals surface area contributed by atoms with E-state index >= 15 is 0 Å². The van der Waals surface area contributed by atoms with Crippen molar-refractivity contribution in [2.45, 2.75) is 57.6 Å². The number of hydrogen-bond acceptors (Lipinski definition) is 1. The van der Waals surface area contributed by atoms with Gasteiger partial charge in [-0.3, -0.25) is 0 Å². The molecule has 0 bridgehead atoms. The standard InChI is InChI=1S/C21H28OSi/c1-2-18-23(20-14-8-4-9-15-20,21-16-10-5-11-17-21)22-19-12-6-3-7-13-19/h4-5,8-11,14-17,19H,2-3,6-7,12-13,18H2,1H3. The molecule has 1 fully saturated rings. The van der Waals surface area contributed by atoms with E-state index in [2.05, 4.69) is 67.6 Å². The molecule has 1 aliphatic rings. The van der Waals surface area contributed by atoms with Crippen LogP contribution in [0.4, 0.5) is 0 Å². The zero-order valence-corrected chi connectivity index (χ0v) is 15.2. The molecule has 3 rings (SSSR count). The van der Waals surface area contributed by atoms with E-state index < -0.39 is 8.32 Å². The van der Waals surface area contributed by atoms with Gasteiger partial charge in [-0.1, -0.05) is 93.3 Å². The zero-order chi connectivity index (χ0) is 16.0. The molecule has 122 valence electrons. The summed E-state index contributed by atoms with van der Waals surface area (Å²) in [7, 11) is -2.14.